The number of aromatic nitrogens is 2. The van der Waals surface area contributed by atoms with Crippen molar-refractivity contribution in [2.24, 2.45) is 0 Å². The van der Waals surface area contributed by atoms with Gasteiger partial charge in [-0.2, -0.15) is 0 Å². The first kappa shape index (κ1) is 21.9. The second-order valence-electron chi connectivity index (χ2n) is 8.17. The van der Waals surface area contributed by atoms with Crippen LogP contribution < -0.4 is 4.87 Å². The van der Waals surface area contributed by atoms with Gasteiger partial charge in [0.1, 0.15) is 5.76 Å². The smallest absolute Gasteiger partial charge is 0.307 e. The minimum Gasteiger partial charge on any atom is -0.494 e. The third kappa shape index (κ3) is 4.56. The third-order valence-electron chi connectivity index (χ3n) is 5.82. The number of benzene rings is 3. The fourth-order valence-corrected chi connectivity index (χ4v) is 4.71. The molecule has 34 heavy (non-hydrogen) atoms. The van der Waals surface area contributed by atoms with Gasteiger partial charge in [-0.05, 0) is 35.4 Å². The highest BCUT2D eigenvalue weighted by Gasteiger charge is 2.15. The zero-order valence-electron chi connectivity index (χ0n) is 18.5. The Labute approximate surface area is 199 Å². The Kier molecular flexibility index (Phi) is 5.86. The summed E-state index contributed by atoms with van der Waals surface area (Å²) in [5, 5.41) is 12.0. The van der Waals surface area contributed by atoms with Crippen LogP contribution in [0.3, 0.4) is 0 Å². The van der Waals surface area contributed by atoms with Crippen molar-refractivity contribution in [3.8, 4) is 17.3 Å². The second-order valence-corrected chi connectivity index (χ2v) is 9.23. The molecule has 0 atom stereocenters. The molecule has 0 fully saturated rings. The number of hydrogen-bond acceptors (Lipinski definition) is 6. The molecule has 3 aromatic carbocycles. The lowest BCUT2D eigenvalue weighted by atomic mass is 10.0. The van der Waals surface area contributed by atoms with Crippen LogP contribution in [0, 0.1) is 6.92 Å². The molecule has 0 aliphatic carbocycles. The van der Waals surface area contributed by atoms with Gasteiger partial charge in [-0.15, -0.1) is 0 Å². The number of carbonyl (C=O) groups excluding carboxylic acids is 1. The molecule has 6 nitrogen and oxygen atoms in total. The van der Waals surface area contributed by atoms with Crippen LogP contribution in [0.5, 0.6) is 5.88 Å². The summed E-state index contributed by atoms with van der Waals surface area (Å²) in [6.45, 7) is 1.87. The van der Waals surface area contributed by atoms with Gasteiger partial charge in [-0.3, -0.25) is 14.6 Å². The maximum atomic E-state index is 12.7. The highest BCUT2D eigenvalue weighted by Crippen LogP contribution is 2.26. The Bertz CT molecular complexity index is 1540. The van der Waals surface area contributed by atoms with Crippen LogP contribution in [0.2, 0.25) is 0 Å². The minimum atomic E-state index is -0.286. The number of Topliss-reactive ketones (excluding diaryl/α,β-unsaturated/α-hetero) is 1. The van der Waals surface area contributed by atoms with E-state index in [0.29, 0.717) is 35.6 Å². The lowest BCUT2D eigenvalue weighted by Gasteiger charge is -2.03. The normalized spacial score (nSPS) is 11.2. The van der Waals surface area contributed by atoms with Crippen LogP contribution >= 0.6 is 11.3 Å². The largest absolute Gasteiger partial charge is 0.494 e. The topological polar surface area (TPSA) is 96.2 Å². The number of aryl methyl sites for hydroxylation is 2. The number of oxazole rings is 1. The average molecular weight is 471 g/mol. The van der Waals surface area contributed by atoms with Gasteiger partial charge in [0.15, 0.2) is 5.78 Å². The van der Waals surface area contributed by atoms with Crippen molar-refractivity contribution in [2.45, 2.75) is 26.2 Å². The summed E-state index contributed by atoms with van der Waals surface area (Å²) in [5.41, 5.74) is 3.22. The molecule has 0 saturated carbocycles. The molecule has 5 rings (SSSR count). The van der Waals surface area contributed by atoms with Crippen molar-refractivity contribution >= 4 is 27.9 Å². The maximum absolute atomic E-state index is 12.7. The van der Waals surface area contributed by atoms with Gasteiger partial charge < -0.3 is 9.52 Å². The second kappa shape index (κ2) is 9.11. The van der Waals surface area contributed by atoms with Crippen LogP contribution in [0.1, 0.15) is 38.7 Å². The zero-order valence-corrected chi connectivity index (χ0v) is 19.3. The monoisotopic (exact) mass is 470 g/mol. The van der Waals surface area contributed by atoms with Gasteiger partial charge in [-0.1, -0.05) is 65.9 Å². The molecule has 0 bridgehead atoms. The summed E-state index contributed by atoms with van der Waals surface area (Å²) >= 11 is 0.984. The van der Waals surface area contributed by atoms with Crippen molar-refractivity contribution in [1.82, 2.24) is 9.97 Å². The van der Waals surface area contributed by atoms with Crippen LogP contribution in [0.15, 0.2) is 75.9 Å². The minimum absolute atomic E-state index is 0.0235. The molecule has 0 amide bonds. The number of fused-ring (bicyclic) bond motifs is 1. The average Bonchev–Trinajstić information content (AvgIpc) is 3.37. The first-order valence-electron chi connectivity index (χ1n) is 10.9. The molecule has 0 spiro atoms. The van der Waals surface area contributed by atoms with Gasteiger partial charge in [0.05, 0.1) is 10.6 Å². The van der Waals surface area contributed by atoms with Gasteiger partial charge in [0.25, 0.3) is 0 Å². The summed E-state index contributed by atoms with van der Waals surface area (Å²) in [7, 11) is 0. The van der Waals surface area contributed by atoms with E-state index in [1.807, 2.05) is 37.3 Å². The fourth-order valence-electron chi connectivity index (χ4n) is 3.95. The van der Waals surface area contributed by atoms with E-state index in [0.717, 1.165) is 44.7 Å². The molecule has 0 unspecified atom stereocenters. The zero-order chi connectivity index (χ0) is 23.7. The van der Waals surface area contributed by atoms with Gasteiger partial charge in [0.2, 0.25) is 11.8 Å². The predicted octanol–water partition coefficient (Wildman–Crippen LogP) is 5.66. The van der Waals surface area contributed by atoms with E-state index in [1.165, 1.54) is 0 Å². The van der Waals surface area contributed by atoms with Gasteiger partial charge in [0, 0.05) is 30.4 Å². The number of nitrogens with one attached hydrogen (secondary N) is 1. The predicted molar refractivity (Wildman–Crippen MR) is 133 cm³/mol. The summed E-state index contributed by atoms with van der Waals surface area (Å²) in [4.78, 5) is 31.4. The number of carbonyl (C=O) groups is 1. The van der Waals surface area contributed by atoms with Crippen molar-refractivity contribution < 1.29 is 14.3 Å². The standard InChI is InChI=1S/C27H22N2O4S/c1-16-22(28-26(33-16)21-11-10-18-4-2-3-5-20(18)15-21)12-13-23(30)19-8-6-17(7-9-19)14-24-25(31)29-27(32)34-24/h2-11,15,31H,12-14H2,1H3,(H,29,32). The molecule has 170 valence electrons. The Balaban J connectivity index is 1.25. The number of aromatic hydroxyl groups is 1. The number of hydrogen-bond donors (Lipinski definition) is 2. The van der Waals surface area contributed by atoms with Crippen molar-refractivity contribution in [2.75, 3.05) is 0 Å². The van der Waals surface area contributed by atoms with Crippen molar-refractivity contribution in [3.05, 3.63) is 104 Å². The fraction of sp³-hybridized carbons (Fsp3) is 0.148. The van der Waals surface area contributed by atoms with Crippen LogP contribution in [-0.2, 0) is 12.8 Å². The third-order valence-corrected chi connectivity index (χ3v) is 6.69. The highest BCUT2D eigenvalue weighted by atomic mass is 32.1. The summed E-state index contributed by atoms with van der Waals surface area (Å²) in [5.74, 6) is 1.21. The summed E-state index contributed by atoms with van der Waals surface area (Å²) in [6.07, 6.45) is 1.25. The molecule has 2 heterocycles. The quantitative estimate of drug-likeness (QED) is 0.299. The highest BCUT2D eigenvalue weighted by molar-refractivity contribution is 7.09. The molecule has 5 aromatic rings. The van der Waals surface area contributed by atoms with Crippen LogP contribution in [0.25, 0.3) is 22.2 Å². The molecular formula is C27H22N2O4S. The van der Waals surface area contributed by atoms with Gasteiger partial charge in [-0.25, -0.2) is 4.98 Å². The number of thiazole rings is 1. The molecule has 2 aromatic heterocycles. The lowest BCUT2D eigenvalue weighted by Crippen LogP contribution is -2.02. The molecule has 2 N–H and O–H groups in total. The first-order chi connectivity index (χ1) is 16.5. The van der Waals surface area contributed by atoms with E-state index >= 15 is 0 Å². The molecule has 0 saturated heterocycles. The summed E-state index contributed by atoms with van der Waals surface area (Å²) in [6, 6.07) is 21.5. The molecule has 0 radical (unpaired) electrons. The van der Waals surface area contributed by atoms with E-state index in [-0.39, 0.29) is 16.5 Å². The van der Waals surface area contributed by atoms with Crippen molar-refractivity contribution in [3.63, 3.8) is 0 Å². The van der Waals surface area contributed by atoms with E-state index in [2.05, 4.69) is 34.2 Å². The maximum Gasteiger partial charge on any atom is 0.307 e. The van der Waals surface area contributed by atoms with Crippen molar-refractivity contribution in [1.29, 1.82) is 0 Å². The van der Waals surface area contributed by atoms with Gasteiger partial charge >= 0.3 is 4.87 Å². The van der Waals surface area contributed by atoms with E-state index in [4.69, 9.17) is 4.42 Å². The Morgan fingerprint density at radius 3 is 2.56 bits per heavy atom. The Hall–Kier alpha value is -3.97. The number of nitrogens with zero attached hydrogens (tertiary/aromatic N) is 1. The first-order valence-corrected chi connectivity index (χ1v) is 11.8. The molecular weight excluding hydrogens is 448 g/mol. The Morgan fingerprint density at radius 2 is 1.82 bits per heavy atom. The van der Waals surface area contributed by atoms with Crippen LogP contribution in [0.4, 0.5) is 0 Å². The lowest BCUT2D eigenvalue weighted by molar-refractivity contribution is 0.0982. The molecule has 7 heteroatoms. The number of rotatable bonds is 7. The number of H-pyrrole nitrogens is 1. The Morgan fingerprint density at radius 1 is 1.06 bits per heavy atom. The van der Waals surface area contributed by atoms with Crippen LogP contribution in [-0.4, -0.2) is 20.9 Å². The van der Waals surface area contributed by atoms with E-state index in [1.54, 1.807) is 12.1 Å². The number of ketones is 1. The van der Waals surface area contributed by atoms with E-state index in [9.17, 15) is 14.7 Å². The van der Waals surface area contributed by atoms with E-state index < -0.39 is 0 Å². The molecule has 0 aliphatic heterocycles. The number of aromatic amines is 1. The SMILES string of the molecule is Cc1oc(-c2ccc3ccccc3c2)nc1CCC(=O)c1ccc(Cc2sc(=O)[nH]c2O)cc1. The summed E-state index contributed by atoms with van der Waals surface area (Å²) < 4.78 is 5.90. The molecule has 0 aliphatic rings.